The quantitative estimate of drug-likeness (QED) is 0.685. The highest BCUT2D eigenvalue weighted by molar-refractivity contribution is 9.10. The number of aromatic nitrogens is 3. The van der Waals surface area contributed by atoms with Crippen LogP contribution in [-0.4, -0.2) is 14.6 Å². The molecule has 0 fully saturated rings. The fraction of sp³-hybridized carbons (Fsp3) is 0.0909. The zero-order valence-electron chi connectivity index (χ0n) is 8.49. The topological polar surface area (TPSA) is 50.2 Å². The summed E-state index contributed by atoms with van der Waals surface area (Å²) in [5.41, 5.74) is 2.32. The Hall–Kier alpha value is -1.62. The third kappa shape index (κ3) is 1.15. The highest BCUT2D eigenvalue weighted by atomic mass is 79.9. The number of aryl methyl sites for hydroxylation is 1. The fourth-order valence-electron chi connectivity index (χ4n) is 1.90. The van der Waals surface area contributed by atoms with E-state index in [-0.39, 0.29) is 5.69 Å². The van der Waals surface area contributed by atoms with Crippen molar-refractivity contribution in [2.75, 3.05) is 0 Å². The molecule has 80 valence electrons. The summed E-state index contributed by atoms with van der Waals surface area (Å²) < 4.78 is 2.27. The Labute approximate surface area is 99.0 Å². The van der Waals surface area contributed by atoms with Crippen LogP contribution < -0.4 is 5.69 Å². The summed E-state index contributed by atoms with van der Waals surface area (Å²) >= 11 is 3.39. The van der Waals surface area contributed by atoms with Gasteiger partial charge in [0.05, 0.1) is 11.0 Å². The molecular formula is C11H8BrN3O. The molecule has 0 atom stereocenters. The van der Waals surface area contributed by atoms with Gasteiger partial charge in [0.25, 0.3) is 0 Å². The second kappa shape index (κ2) is 3.18. The average Bonchev–Trinajstić information content (AvgIpc) is 2.57. The van der Waals surface area contributed by atoms with E-state index in [0.717, 1.165) is 26.6 Å². The van der Waals surface area contributed by atoms with Gasteiger partial charge in [-0.1, -0.05) is 18.2 Å². The van der Waals surface area contributed by atoms with Crippen molar-refractivity contribution in [3.8, 4) is 0 Å². The van der Waals surface area contributed by atoms with Crippen LogP contribution in [0.25, 0.3) is 16.4 Å². The molecular weight excluding hydrogens is 270 g/mol. The number of nitrogens with one attached hydrogen (secondary N) is 1. The summed E-state index contributed by atoms with van der Waals surface area (Å²) in [6.45, 7) is 1.96. The first kappa shape index (κ1) is 9.59. The summed E-state index contributed by atoms with van der Waals surface area (Å²) in [5.74, 6) is 0. The van der Waals surface area contributed by atoms with Gasteiger partial charge in [0.1, 0.15) is 4.60 Å². The molecule has 0 amide bonds. The maximum Gasteiger partial charge on any atom is 0.367 e. The van der Waals surface area contributed by atoms with Crippen LogP contribution in [0.3, 0.4) is 0 Å². The van der Waals surface area contributed by atoms with E-state index in [1.165, 1.54) is 4.52 Å². The maximum absolute atomic E-state index is 11.8. The molecule has 0 saturated carbocycles. The Kier molecular flexibility index (Phi) is 1.91. The fourth-order valence-corrected chi connectivity index (χ4v) is 2.27. The lowest BCUT2D eigenvalue weighted by Gasteiger charge is -1.99. The smallest absolute Gasteiger partial charge is 0.282 e. The predicted octanol–water partition coefficient (Wildman–Crippen LogP) is 2.25. The average molecular weight is 278 g/mol. The molecule has 0 aliphatic heterocycles. The van der Waals surface area contributed by atoms with E-state index < -0.39 is 0 Å². The van der Waals surface area contributed by atoms with Crippen LogP contribution in [-0.2, 0) is 0 Å². The Morgan fingerprint density at radius 1 is 1.38 bits per heavy atom. The van der Waals surface area contributed by atoms with Gasteiger partial charge in [-0.25, -0.2) is 9.31 Å². The number of benzene rings is 1. The first-order valence-electron chi connectivity index (χ1n) is 4.84. The van der Waals surface area contributed by atoms with Crippen molar-refractivity contribution in [2.24, 2.45) is 0 Å². The van der Waals surface area contributed by atoms with Crippen LogP contribution in [0.5, 0.6) is 0 Å². The molecule has 0 unspecified atom stereocenters. The van der Waals surface area contributed by atoms with Gasteiger partial charge in [-0.15, -0.1) is 0 Å². The molecule has 1 N–H and O–H groups in total. The van der Waals surface area contributed by atoms with E-state index in [4.69, 9.17) is 0 Å². The number of para-hydroxylation sites is 1. The molecule has 3 rings (SSSR count). The largest absolute Gasteiger partial charge is 0.367 e. The van der Waals surface area contributed by atoms with Crippen molar-refractivity contribution in [2.45, 2.75) is 6.92 Å². The summed E-state index contributed by atoms with van der Waals surface area (Å²) in [5, 5.41) is 3.92. The highest BCUT2D eigenvalue weighted by Crippen LogP contribution is 2.24. The summed E-state index contributed by atoms with van der Waals surface area (Å²) in [4.78, 5) is 15.8. The van der Waals surface area contributed by atoms with Gasteiger partial charge in [0, 0.05) is 10.9 Å². The number of hydrogen-bond acceptors (Lipinski definition) is 2. The van der Waals surface area contributed by atoms with Crippen molar-refractivity contribution >= 4 is 32.3 Å². The zero-order chi connectivity index (χ0) is 11.3. The molecule has 0 aliphatic carbocycles. The van der Waals surface area contributed by atoms with Gasteiger partial charge < -0.3 is 0 Å². The molecule has 2 aromatic heterocycles. The van der Waals surface area contributed by atoms with Crippen LogP contribution in [0.4, 0.5) is 0 Å². The zero-order valence-corrected chi connectivity index (χ0v) is 10.1. The second-order valence-corrected chi connectivity index (χ2v) is 4.44. The minimum atomic E-state index is -0.289. The van der Waals surface area contributed by atoms with Crippen molar-refractivity contribution in [3.63, 3.8) is 0 Å². The molecule has 1 aromatic carbocycles. The number of rotatable bonds is 0. The van der Waals surface area contributed by atoms with E-state index in [1.807, 2.05) is 31.2 Å². The minimum absolute atomic E-state index is 0.289. The van der Waals surface area contributed by atoms with Crippen LogP contribution in [0.2, 0.25) is 0 Å². The normalized spacial score (nSPS) is 11.4. The standard InChI is InChI=1S/C11H8BrN3O/c1-6-9-7-4-2-3-5-8(7)13-11(16)15(9)14-10(6)12/h2-5,14H,1H3. The van der Waals surface area contributed by atoms with E-state index in [2.05, 4.69) is 26.0 Å². The van der Waals surface area contributed by atoms with Crippen molar-refractivity contribution in [1.29, 1.82) is 0 Å². The number of H-pyrrole nitrogens is 1. The number of aromatic amines is 1. The molecule has 5 heteroatoms. The number of hydrogen-bond donors (Lipinski definition) is 1. The minimum Gasteiger partial charge on any atom is -0.282 e. The molecule has 0 radical (unpaired) electrons. The van der Waals surface area contributed by atoms with Crippen molar-refractivity contribution in [1.82, 2.24) is 14.6 Å². The SMILES string of the molecule is Cc1c(Br)[nH]n2c(=O)nc3ccccc3c12. The third-order valence-electron chi connectivity index (χ3n) is 2.68. The molecule has 3 aromatic rings. The van der Waals surface area contributed by atoms with Gasteiger partial charge in [-0.3, -0.25) is 5.10 Å². The molecule has 0 saturated heterocycles. The summed E-state index contributed by atoms with van der Waals surface area (Å²) in [6, 6.07) is 7.62. The molecule has 0 spiro atoms. The van der Waals surface area contributed by atoms with Crippen LogP contribution >= 0.6 is 15.9 Å². The molecule has 2 heterocycles. The molecule has 0 aliphatic rings. The van der Waals surface area contributed by atoms with Crippen LogP contribution in [0, 0.1) is 6.92 Å². The molecule has 0 bridgehead atoms. The maximum atomic E-state index is 11.8. The van der Waals surface area contributed by atoms with E-state index in [0.29, 0.717) is 0 Å². The van der Waals surface area contributed by atoms with Gasteiger partial charge in [-0.2, -0.15) is 4.98 Å². The van der Waals surface area contributed by atoms with Gasteiger partial charge >= 0.3 is 5.69 Å². The van der Waals surface area contributed by atoms with E-state index in [1.54, 1.807) is 0 Å². The number of halogens is 1. The molecule has 16 heavy (non-hydrogen) atoms. The lowest BCUT2D eigenvalue weighted by atomic mass is 10.2. The number of nitrogens with zero attached hydrogens (tertiary/aromatic N) is 2. The second-order valence-electron chi connectivity index (χ2n) is 3.65. The number of fused-ring (bicyclic) bond motifs is 3. The lowest BCUT2D eigenvalue weighted by Crippen LogP contribution is -2.17. The van der Waals surface area contributed by atoms with Gasteiger partial charge in [0.15, 0.2) is 0 Å². The van der Waals surface area contributed by atoms with Crippen molar-refractivity contribution < 1.29 is 0 Å². The van der Waals surface area contributed by atoms with Gasteiger partial charge in [0.2, 0.25) is 0 Å². The third-order valence-corrected chi connectivity index (χ3v) is 3.46. The predicted molar refractivity (Wildman–Crippen MR) is 65.8 cm³/mol. The summed E-state index contributed by atoms with van der Waals surface area (Å²) in [6.07, 6.45) is 0. The lowest BCUT2D eigenvalue weighted by molar-refractivity contribution is 0.872. The Morgan fingerprint density at radius 2 is 2.12 bits per heavy atom. The highest BCUT2D eigenvalue weighted by Gasteiger charge is 2.11. The molecule has 4 nitrogen and oxygen atoms in total. The monoisotopic (exact) mass is 277 g/mol. The van der Waals surface area contributed by atoms with E-state index >= 15 is 0 Å². The van der Waals surface area contributed by atoms with E-state index in [9.17, 15) is 4.79 Å². The Morgan fingerprint density at radius 3 is 2.94 bits per heavy atom. The van der Waals surface area contributed by atoms with Crippen LogP contribution in [0.15, 0.2) is 33.7 Å². The van der Waals surface area contributed by atoms with Crippen LogP contribution in [0.1, 0.15) is 5.56 Å². The Bertz CT molecular complexity index is 757. The Balaban J connectivity index is 2.73. The van der Waals surface area contributed by atoms with Gasteiger partial charge in [-0.05, 0) is 28.9 Å². The first-order valence-corrected chi connectivity index (χ1v) is 5.63. The first-order chi connectivity index (χ1) is 7.68. The summed E-state index contributed by atoms with van der Waals surface area (Å²) in [7, 11) is 0. The van der Waals surface area contributed by atoms with Crippen molar-refractivity contribution in [3.05, 3.63) is 44.9 Å².